The number of hydrogen-bond donors (Lipinski definition) is 1. The highest BCUT2D eigenvalue weighted by atomic mass is 19.3. The first-order chi connectivity index (χ1) is 10.1. The summed E-state index contributed by atoms with van der Waals surface area (Å²) in [7, 11) is 2.02. The summed E-state index contributed by atoms with van der Waals surface area (Å²) in [4.78, 5) is 2.20. The van der Waals surface area contributed by atoms with Crippen molar-refractivity contribution in [1.29, 1.82) is 0 Å². The van der Waals surface area contributed by atoms with E-state index < -0.39 is 6.61 Å². The van der Waals surface area contributed by atoms with Gasteiger partial charge >= 0.3 is 6.61 Å². The maximum absolute atomic E-state index is 12.4. The second-order valence-electron chi connectivity index (χ2n) is 5.76. The number of rotatable bonds is 6. The topological polar surface area (TPSA) is 32.7 Å². The predicted octanol–water partition coefficient (Wildman–Crippen LogP) is 3.27. The van der Waals surface area contributed by atoms with Gasteiger partial charge in [0.25, 0.3) is 0 Å². The molecule has 0 atom stereocenters. The van der Waals surface area contributed by atoms with Crippen LogP contribution in [0.2, 0.25) is 0 Å². The summed E-state index contributed by atoms with van der Waals surface area (Å²) >= 11 is 0. The van der Waals surface area contributed by atoms with E-state index in [9.17, 15) is 13.9 Å². The molecule has 0 amide bonds. The highest BCUT2D eigenvalue weighted by Gasteiger charge is 2.24. The molecular formula is C16H23F2NO2. The van der Waals surface area contributed by atoms with Crippen molar-refractivity contribution >= 4 is 0 Å². The Kier molecular flexibility index (Phi) is 5.94. The zero-order chi connectivity index (χ0) is 15.2. The quantitative estimate of drug-likeness (QED) is 0.875. The fraction of sp³-hybridized carbons (Fsp3) is 0.625. The van der Waals surface area contributed by atoms with E-state index in [4.69, 9.17) is 0 Å². The summed E-state index contributed by atoms with van der Waals surface area (Å²) in [6.07, 6.45) is 4.14. The van der Waals surface area contributed by atoms with E-state index in [0.29, 0.717) is 18.5 Å². The molecule has 1 aromatic rings. The number of alkyl halides is 2. The van der Waals surface area contributed by atoms with Crippen LogP contribution in [0.3, 0.4) is 0 Å². The van der Waals surface area contributed by atoms with Gasteiger partial charge in [0.05, 0.1) is 0 Å². The molecule has 1 aliphatic carbocycles. The van der Waals surface area contributed by atoms with Gasteiger partial charge in [-0.25, -0.2) is 0 Å². The number of benzene rings is 1. The first kappa shape index (κ1) is 16.2. The normalized spacial score (nSPS) is 22.8. The molecule has 0 unspecified atom stereocenters. The molecule has 1 saturated carbocycles. The first-order valence-electron chi connectivity index (χ1n) is 7.44. The average Bonchev–Trinajstić information content (AvgIpc) is 2.49. The number of aliphatic hydroxyl groups excluding tert-OH is 1. The second kappa shape index (κ2) is 7.71. The van der Waals surface area contributed by atoms with Crippen molar-refractivity contribution in [2.75, 3.05) is 13.7 Å². The SMILES string of the molecule is CN(Cc1ccccc1OC(F)F)C1CCC(CO)CC1. The molecule has 0 aromatic heterocycles. The number of aliphatic hydroxyl groups is 1. The zero-order valence-electron chi connectivity index (χ0n) is 12.3. The largest absolute Gasteiger partial charge is 0.434 e. The van der Waals surface area contributed by atoms with Gasteiger partial charge in [-0.2, -0.15) is 8.78 Å². The lowest BCUT2D eigenvalue weighted by atomic mass is 9.86. The molecule has 0 spiro atoms. The lowest BCUT2D eigenvalue weighted by molar-refractivity contribution is -0.0508. The van der Waals surface area contributed by atoms with Gasteiger partial charge in [-0.3, -0.25) is 4.90 Å². The molecule has 5 heteroatoms. The van der Waals surface area contributed by atoms with E-state index in [2.05, 4.69) is 9.64 Å². The van der Waals surface area contributed by atoms with Crippen molar-refractivity contribution in [3.63, 3.8) is 0 Å². The Bertz CT molecular complexity index is 434. The molecule has 1 fully saturated rings. The molecule has 1 N–H and O–H groups in total. The molecular weight excluding hydrogens is 276 g/mol. The van der Waals surface area contributed by atoms with E-state index in [0.717, 1.165) is 31.2 Å². The van der Waals surface area contributed by atoms with Gasteiger partial charge in [0.15, 0.2) is 0 Å². The van der Waals surface area contributed by atoms with Crippen LogP contribution >= 0.6 is 0 Å². The van der Waals surface area contributed by atoms with Crippen molar-refractivity contribution < 1.29 is 18.6 Å². The third-order valence-electron chi connectivity index (χ3n) is 4.31. The van der Waals surface area contributed by atoms with E-state index in [1.54, 1.807) is 12.1 Å². The van der Waals surface area contributed by atoms with Crippen LogP contribution in [0.1, 0.15) is 31.2 Å². The van der Waals surface area contributed by atoms with Crippen molar-refractivity contribution in [3.05, 3.63) is 29.8 Å². The minimum absolute atomic E-state index is 0.253. The predicted molar refractivity (Wildman–Crippen MR) is 77.4 cm³/mol. The fourth-order valence-corrected chi connectivity index (χ4v) is 3.01. The Labute approximate surface area is 124 Å². The molecule has 0 bridgehead atoms. The second-order valence-corrected chi connectivity index (χ2v) is 5.76. The lowest BCUT2D eigenvalue weighted by Crippen LogP contribution is -2.35. The minimum Gasteiger partial charge on any atom is -0.434 e. The summed E-state index contributed by atoms with van der Waals surface area (Å²) in [6.45, 7) is -1.93. The molecule has 3 nitrogen and oxygen atoms in total. The van der Waals surface area contributed by atoms with Crippen LogP contribution in [0, 0.1) is 5.92 Å². The number of ether oxygens (including phenoxy) is 1. The van der Waals surface area contributed by atoms with Gasteiger partial charge in [0.2, 0.25) is 0 Å². The van der Waals surface area contributed by atoms with Crippen LogP contribution in [0.25, 0.3) is 0 Å². The Morgan fingerprint density at radius 2 is 1.90 bits per heavy atom. The van der Waals surface area contributed by atoms with Crippen LogP contribution in [0.4, 0.5) is 8.78 Å². The molecule has 1 aromatic carbocycles. The van der Waals surface area contributed by atoms with Crippen LogP contribution < -0.4 is 4.74 Å². The average molecular weight is 299 g/mol. The maximum atomic E-state index is 12.4. The van der Waals surface area contributed by atoms with Crippen LogP contribution in [0.15, 0.2) is 24.3 Å². The van der Waals surface area contributed by atoms with Gasteiger partial charge in [-0.1, -0.05) is 18.2 Å². The molecule has 118 valence electrons. The molecule has 0 radical (unpaired) electrons. The summed E-state index contributed by atoms with van der Waals surface area (Å²) in [6, 6.07) is 7.39. The summed E-state index contributed by atoms with van der Waals surface area (Å²) in [5.41, 5.74) is 0.782. The Morgan fingerprint density at radius 3 is 2.52 bits per heavy atom. The van der Waals surface area contributed by atoms with Crippen LogP contribution in [0.5, 0.6) is 5.75 Å². The smallest absolute Gasteiger partial charge is 0.387 e. The van der Waals surface area contributed by atoms with E-state index in [1.807, 2.05) is 19.2 Å². The third-order valence-corrected chi connectivity index (χ3v) is 4.31. The Hall–Kier alpha value is -1.20. The van der Waals surface area contributed by atoms with Gasteiger partial charge in [-0.05, 0) is 44.7 Å². The number of para-hydroxylation sites is 1. The molecule has 0 saturated heterocycles. The number of halogens is 2. The van der Waals surface area contributed by atoms with Gasteiger partial charge in [-0.15, -0.1) is 0 Å². The first-order valence-corrected chi connectivity index (χ1v) is 7.44. The zero-order valence-corrected chi connectivity index (χ0v) is 12.3. The lowest BCUT2D eigenvalue weighted by Gasteiger charge is -2.34. The van der Waals surface area contributed by atoms with Crippen LogP contribution in [-0.4, -0.2) is 36.3 Å². The van der Waals surface area contributed by atoms with Crippen molar-refractivity contribution in [1.82, 2.24) is 4.90 Å². The van der Waals surface area contributed by atoms with Crippen molar-refractivity contribution in [2.45, 2.75) is 44.9 Å². The fourth-order valence-electron chi connectivity index (χ4n) is 3.01. The van der Waals surface area contributed by atoms with Gasteiger partial charge in [0.1, 0.15) is 5.75 Å². The van der Waals surface area contributed by atoms with Crippen molar-refractivity contribution in [2.24, 2.45) is 5.92 Å². The molecule has 0 aliphatic heterocycles. The highest BCUT2D eigenvalue weighted by Crippen LogP contribution is 2.29. The van der Waals surface area contributed by atoms with Crippen LogP contribution in [-0.2, 0) is 6.54 Å². The maximum Gasteiger partial charge on any atom is 0.387 e. The molecule has 21 heavy (non-hydrogen) atoms. The van der Waals surface area contributed by atoms with E-state index >= 15 is 0 Å². The molecule has 2 rings (SSSR count). The summed E-state index contributed by atoms with van der Waals surface area (Å²) < 4.78 is 29.4. The Balaban J connectivity index is 1.95. The van der Waals surface area contributed by atoms with Gasteiger partial charge in [0, 0.05) is 24.8 Å². The highest BCUT2D eigenvalue weighted by molar-refractivity contribution is 5.33. The minimum atomic E-state index is -2.79. The van der Waals surface area contributed by atoms with Gasteiger partial charge < -0.3 is 9.84 Å². The van der Waals surface area contributed by atoms with E-state index in [1.165, 1.54) is 0 Å². The van der Waals surface area contributed by atoms with Crippen molar-refractivity contribution in [3.8, 4) is 5.75 Å². The number of nitrogens with zero attached hydrogens (tertiary/aromatic N) is 1. The number of hydrogen-bond acceptors (Lipinski definition) is 3. The van der Waals surface area contributed by atoms with E-state index in [-0.39, 0.29) is 12.4 Å². The Morgan fingerprint density at radius 1 is 1.24 bits per heavy atom. The standard InChI is InChI=1S/C16H23F2NO2/c1-19(14-8-6-12(11-20)7-9-14)10-13-4-2-3-5-15(13)21-16(17)18/h2-5,12,14,16,20H,6-11H2,1H3. The summed E-state index contributed by atoms with van der Waals surface area (Å²) in [5.74, 6) is 0.674. The summed E-state index contributed by atoms with van der Waals surface area (Å²) in [5, 5.41) is 9.17. The third kappa shape index (κ3) is 4.64. The monoisotopic (exact) mass is 299 g/mol. The molecule has 1 aliphatic rings. The molecule has 0 heterocycles.